The van der Waals surface area contributed by atoms with E-state index in [2.05, 4.69) is 40.7 Å². The third kappa shape index (κ3) is 3.02. The van der Waals surface area contributed by atoms with Crippen molar-refractivity contribution >= 4 is 34.7 Å². The van der Waals surface area contributed by atoms with Crippen molar-refractivity contribution in [2.75, 3.05) is 18.0 Å². The molecule has 136 valence electrons. The van der Waals surface area contributed by atoms with Crippen LogP contribution in [0, 0.1) is 6.92 Å². The standard InChI is InChI=1S/C21H23Cl2N2O/c1-15-6-5-7-17(12-15)24-14-21(26,16-9-10-18(22)19(23)13-16)25-11-4-2-3-8-20(24)25/h5-7,9-10,12-13,26H,2-4,8,11,14H2,1H3/q+1. The largest absolute Gasteiger partial charge is 0.346 e. The first-order valence-corrected chi connectivity index (χ1v) is 9.90. The minimum absolute atomic E-state index is 0.475. The van der Waals surface area contributed by atoms with Crippen molar-refractivity contribution in [3.8, 4) is 0 Å². The molecule has 0 amide bonds. The molecule has 26 heavy (non-hydrogen) atoms. The maximum Gasteiger partial charge on any atom is 0.271 e. The fourth-order valence-corrected chi connectivity index (χ4v) is 4.40. The van der Waals surface area contributed by atoms with E-state index in [0.29, 0.717) is 16.6 Å². The summed E-state index contributed by atoms with van der Waals surface area (Å²) in [4.78, 5) is 2.26. The molecule has 4 rings (SSSR count). The highest BCUT2D eigenvalue weighted by Crippen LogP contribution is 2.37. The molecule has 0 saturated carbocycles. The first-order valence-electron chi connectivity index (χ1n) is 9.14. The first-order chi connectivity index (χ1) is 12.5. The number of amidine groups is 1. The molecule has 1 atom stereocenters. The van der Waals surface area contributed by atoms with Crippen LogP contribution >= 0.6 is 23.2 Å². The lowest BCUT2D eigenvalue weighted by atomic mass is 10.0. The molecular weight excluding hydrogens is 367 g/mol. The van der Waals surface area contributed by atoms with E-state index < -0.39 is 5.72 Å². The van der Waals surface area contributed by atoms with Crippen LogP contribution in [0.3, 0.4) is 0 Å². The van der Waals surface area contributed by atoms with E-state index in [1.807, 2.05) is 6.07 Å². The normalized spacial score (nSPS) is 23.2. The second-order valence-corrected chi connectivity index (χ2v) is 8.06. The smallest absolute Gasteiger partial charge is 0.271 e. The number of aryl methyl sites for hydroxylation is 1. The van der Waals surface area contributed by atoms with E-state index in [4.69, 9.17) is 23.2 Å². The SMILES string of the molecule is Cc1cccc(N2CC(O)(c3ccc(Cl)c(Cl)c3)[N+]3=C2CCCCC3)c1. The van der Waals surface area contributed by atoms with E-state index in [1.165, 1.54) is 17.8 Å². The van der Waals surface area contributed by atoms with Gasteiger partial charge in [0.2, 0.25) is 0 Å². The number of hydrogen-bond acceptors (Lipinski definition) is 2. The van der Waals surface area contributed by atoms with Crippen molar-refractivity contribution in [1.29, 1.82) is 0 Å². The van der Waals surface area contributed by atoms with Crippen molar-refractivity contribution in [2.45, 2.75) is 38.3 Å². The molecule has 2 aromatic rings. The van der Waals surface area contributed by atoms with Gasteiger partial charge in [-0.15, -0.1) is 0 Å². The number of nitrogens with zero attached hydrogens (tertiary/aromatic N) is 2. The molecular formula is C21H23Cl2N2O+. The van der Waals surface area contributed by atoms with Crippen LogP contribution < -0.4 is 4.90 Å². The minimum atomic E-state index is -1.10. The van der Waals surface area contributed by atoms with Crippen LogP contribution in [0.4, 0.5) is 5.69 Å². The van der Waals surface area contributed by atoms with Gasteiger partial charge >= 0.3 is 0 Å². The van der Waals surface area contributed by atoms with Gasteiger partial charge in [-0.2, -0.15) is 0 Å². The average molecular weight is 390 g/mol. The summed E-state index contributed by atoms with van der Waals surface area (Å²) >= 11 is 12.3. The van der Waals surface area contributed by atoms with E-state index >= 15 is 0 Å². The van der Waals surface area contributed by atoms with Gasteiger partial charge in [0, 0.05) is 12.0 Å². The predicted molar refractivity (Wildman–Crippen MR) is 107 cm³/mol. The lowest BCUT2D eigenvalue weighted by molar-refractivity contribution is -0.658. The predicted octanol–water partition coefficient (Wildman–Crippen LogP) is 4.95. The van der Waals surface area contributed by atoms with Gasteiger partial charge in [-0.1, -0.05) is 41.4 Å². The van der Waals surface area contributed by atoms with Crippen molar-refractivity contribution in [1.82, 2.24) is 0 Å². The minimum Gasteiger partial charge on any atom is -0.346 e. The zero-order valence-corrected chi connectivity index (χ0v) is 16.4. The second-order valence-electron chi connectivity index (χ2n) is 7.25. The summed E-state index contributed by atoms with van der Waals surface area (Å²) in [5.41, 5.74) is 2.04. The number of hydrogen-bond donors (Lipinski definition) is 1. The molecule has 0 aliphatic carbocycles. The number of β-amino-alcohol motifs (C(OH)–C–C–N with tert-alkyl or cyclic N) is 1. The van der Waals surface area contributed by atoms with E-state index in [9.17, 15) is 5.11 Å². The van der Waals surface area contributed by atoms with Crippen molar-refractivity contribution in [3.05, 3.63) is 63.6 Å². The third-order valence-corrected chi connectivity index (χ3v) is 6.16. The Morgan fingerprint density at radius 1 is 1.04 bits per heavy atom. The molecule has 2 heterocycles. The van der Waals surface area contributed by atoms with Gasteiger partial charge in [0.1, 0.15) is 5.69 Å². The highest BCUT2D eigenvalue weighted by Gasteiger charge is 2.52. The monoisotopic (exact) mass is 389 g/mol. The molecule has 2 aliphatic heterocycles. The van der Waals surface area contributed by atoms with Gasteiger partial charge in [0.05, 0.1) is 16.6 Å². The molecule has 2 aromatic carbocycles. The molecule has 2 aliphatic rings. The molecule has 0 saturated heterocycles. The Morgan fingerprint density at radius 2 is 1.88 bits per heavy atom. The quantitative estimate of drug-likeness (QED) is 0.735. The number of benzene rings is 2. The molecule has 0 bridgehead atoms. The molecule has 0 fully saturated rings. The summed E-state index contributed by atoms with van der Waals surface area (Å²) in [6, 6.07) is 13.9. The zero-order chi connectivity index (χ0) is 18.3. The van der Waals surface area contributed by atoms with Gasteiger partial charge in [0.15, 0.2) is 6.54 Å². The van der Waals surface area contributed by atoms with Gasteiger partial charge in [-0.25, -0.2) is 9.48 Å². The number of aliphatic hydroxyl groups is 1. The average Bonchev–Trinajstić information content (AvgIpc) is 2.77. The van der Waals surface area contributed by atoms with E-state index in [1.54, 1.807) is 12.1 Å². The lowest BCUT2D eigenvalue weighted by Crippen LogP contribution is -2.41. The van der Waals surface area contributed by atoms with E-state index in [0.717, 1.165) is 37.1 Å². The van der Waals surface area contributed by atoms with Crippen LogP contribution in [0.25, 0.3) is 0 Å². The molecule has 0 spiro atoms. The summed E-state index contributed by atoms with van der Waals surface area (Å²) in [6.45, 7) is 3.43. The Balaban J connectivity index is 1.83. The molecule has 5 heteroatoms. The maximum absolute atomic E-state index is 11.8. The third-order valence-electron chi connectivity index (χ3n) is 5.43. The van der Waals surface area contributed by atoms with Gasteiger partial charge in [0.25, 0.3) is 11.6 Å². The van der Waals surface area contributed by atoms with Crippen molar-refractivity contribution in [3.63, 3.8) is 0 Å². The Labute approximate surface area is 164 Å². The summed E-state index contributed by atoms with van der Waals surface area (Å²) in [5.74, 6) is 1.20. The van der Waals surface area contributed by atoms with Gasteiger partial charge in [-0.05, 0) is 56.0 Å². The topological polar surface area (TPSA) is 26.5 Å². The summed E-state index contributed by atoms with van der Waals surface area (Å²) in [7, 11) is 0. The van der Waals surface area contributed by atoms with Crippen LogP contribution in [-0.2, 0) is 5.72 Å². The maximum atomic E-state index is 11.8. The van der Waals surface area contributed by atoms with Crippen LogP contribution in [0.5, 0.6) is 0 Å². The first kappa shape index (κ1) is 17.8. The van der Waals surface area contributed by atoms with Gasteiger partial charge < -0.3 is 5.11 Å². The Morgan fingerprint density at radius 3 is 2.65 bits per heavy atom. The Kier molecular flexibility index (Phi) is 4.72. The molecule has 1 unspecified atom stereocenters. The van der Waals surface area contributed by atoms with Crippen molar-refractivity contribution in [2.24, 2.45) is 0 Å². The lowest BCUT2D eigenvalue weighted by Gasteiger charge is -2.24. The fourth-order valence-electron chi connectivity index (χ4n) is 4.10. The van der Waals surface area contributed by atoms with Crippen LogP contribution in [0.1, 0.15) is 36.8 Å². The van der Waals surface area contributed by atoms with Gasteiger partial charge in [-0.3, -0.25) is 0 Å². The fraction of sp³-hybridized carbons (Fsp3) is 0.381. The van der Waals surface area contributed by atoms with Crippen molar-refractivity contribution < 1.29 is 9.68 Å². The molecule has 3 nitrogen and oxygen atoms in total. The highest BCUT2D eigenvalue weighted by molar-refractivity contribution is 6.42. The molecule has 0 radical (unpaired) electrons. The van der Waals surface area contributed by atoms with Crippen LogP contribution in [0.15, 0.2) is 42.5 Å². The highest BCUT2D eigenvalue weighted by atomic mass is 35.5. The van der Waals surface area contributed by atoms with Crippen LogP contribution in [-0.4, -0.2) is 28.6 Å². The molecule has 0 aromatic heterocycles. The number of halogens is 2. The number of anilines is 1. The summed E-state index contributed by atoms with van der Waals surface area (Å²) in [5, 5.41) is 12.7. The van der Waals surface area contributed by atoms with Crippen LogP contribution in [0.2, 0.25) is 10.0 Å². The second kappa shape index (κ2) is 6.88. The number of rotatable bonds is 2. The molecule has 1 N–H and O–H groups in total. The zero-order valence-electron chi connectivity index (χ0n) is 14.9. The summed E-state index contributed by atoms with van der Waals surface area (Å²) < 4.78 is 2.17. The van der Waals surface area contributed by atoms with E-state index in [-0.39, 0.29) is 0 Å². The Bertz CT molecular complexity index is 880. The Hall–Kier alpha value is -1.55. The summed E-state index contributed by atoms with van der Waals surface area (Å²) in [6.07, 6.45) is 4.37.